The summed E-state index contributed by atoms with van der Waals surface area (Å²) in [6, 6.07) is 9.01. The molecule has 1 saturated carbocycles. The van der Waals surface area contributed by atoms with Crippen molar-refractivity contribution in [2.45, 2.75) is 31.5 Å². The summed E-state index contributed by atoms with van der Waals surface area (Å²) in [4.78, 5) is 11.5. The molecular weight excluding hydrogens is 160 g/mol. The molecule has 0 radical (unpaired) electrons. The van der Waals surface area contributed by atoms with Crippen LogP contribution in [0.2, 0.25) is 0 Å². The predicted molar refractivity (Wildman–Crippen MR) is 52.7 cm³/mol. The standard InChI is InChI=1S/C12H14O/c13-12-8-6-11(7-9-12)10-4-2-1-3-5-10/h1-5,11H,6-9H2/i6D2,8D2. The van der Waals surface area contributed by atoms with Crippen molar-refractivity contribution < 1.29 is 10.3 Å². The summed E-state index contributed by atoms with van der Waals surface area (Å²) in [5.74, 6) is -1.19. The number of ketones is 1. The van der Waals surface area contributed by atoms with Crippen LogP contribution in [-0.2, 0) is 4.79 Å². The van der Waals surface area contributed by atoms with E-state index in [0.29, 0.717) is 6.42 Å². The van der Waals surface area contributed by atoms with Crippen molar-refractivity contribution in [2.24, 2.45) is 0 Å². The first-order valence-electron chi connectivity index (χ1n) is 6.45. The highest BCUT2D eigenvalue weighted by Gasteiger charge is 2.19. The Kier molecular flexibility index (Phi) is 1.42. The molecule has 1 aliphatic carbocycles. The second-order valence-electron chi connectivity index (χ2n) is 3.19. The van der Waals surface area contributed by atoms with Crippen LogP contribution in [0.1, 0.15) is 42.6 Å². The Hall–Kier alpha value is -1.11. The third-order valence-corrected chi connectivity index (χ3v) is 2.25. The molecule has 68 valence electrons. The molecule has 0 spiro atoms. The molecule has 1 fully saturated rings. The van der Waals surface area contributed by atoms with Crippen LogP contribution in [0.4, 0.5) is 0 Å². The first kappa shape index (κ1) is 4.94. The highest BCUT2D eigenvalue weighted by atomic mass is 16.1. The molecule has 0 bridgehead atoms. The number of carbonyl (C=O) groups excluding carboxylic acids is 1. The van der Waals surface area contributed by atoms with E-state index in [0.717, 1.165) is 5.56 Å². The van der Waals surface area contributed by atoms with Gasteiger partial charge in [0.1, 0.15) is 5.78 Å². The van der Waals surface area contributed by atoms with E-state index in [1.165, 1.54) is 0 Å². The largest absolute Gasteiger partial charge is 0.300 e. The summed E-state index contributed by atoms with van der Waals surface area (Å²) >= 11 is 0. The molecule has 1 aromatic carbocycles. The Morgan fingerprint density at radius 1 is 1.31 bits per heavy atom. The van der Waals surface area contributed by atoms with Crippen molar-refractivity contribution in [3.05, 3.63) is 35.9 Å². The SMILES string of the molecule is [2H]C1([2H])C(=O)CCC(c2ccccc2)C1([2H])[2H]. The summed E-state index contributed by atoms with van der Waals surface area (Å²) in [5, 5.41) is 0. The smallest absolute Gasteiger partial charge is 0.132 e. The van der Waals surface area contributed by atoms with E-state index in [9.17, 15) is 4.79 Å². The van der Waals surface area contributed by atoms with Crippen LogP contribution in [0.3, 0.4) is 0 Å². The average molecular weight is 178 g/mol. The van der Waals surface area contributed by atoms with E-state index >= 15 is 0 Å². The third kappa shape index (κ3) is 1.97. The Morgan fingerprint density at radius 2 is 2.08 bits per heavy atom. The molecule has 1 atom stereocenters. The molecule has 1 heteroatoms. The van der Waals surface area contributed by atoms with Crippen molar-refractivity contribution in [3.8, 4) is 0 Å². The predicted octanol–water partition coefficient (Wildman–Crippen LogP) is 2.91. The average Bonchev–Trinajstić information content (AvgIpc) is 2.28. The zero-order valence-corrected chi connectivity index (χ0v) is 7.29. The molecule has 0 aliphatic heterocycles. The molecule has 1 unspecified atom stereocenters. The van der Waals surface area contributed by atoms with Crippen LogP contribution in [0.25, 0.3) is 0 Å². The van der Waals surface area contributed by atoms with E-state index in [-0.39, 0.29) is 6.42 Å². The van der Waals surface area contributed by atoms with Gasteiger partial charge in [0.15, 0.2) is 0 Å². The molecule has 1 aromatic rings. The summed E-state index contributed by atoms with van der Waals surface area (Å²) in [6.07, 6.45) is -4.07. The summed E-state index contributed by atoms with van der Waals surface area (Å²) in [5.41, 5.74) is 0.758. The lowest BCUT2D eigenvalue weighted by molar-refractivity contribution is -0.120. The Morgan fingerprint density at radius 3 is 2.85 bits per heavy atom. The van der Waals surface area contributed by atoms with Gasteiger partial charge in [0.05, 0.1) is 0 Å². The monoisotopic (exact) mass is 178 g/mol. The molecule has 0 heterocycles. The maximum absolute atomic E-state index is 11.5. The van der Waals surface area contributed by atoms with Gasteiger partial charge < -0.3 is 0 Å². The van der Waals surface area contributed by atoms with Crippen LogP contribution in [0, 0.1) is 0 Å². The van der Waals surface area contributed by atoms with E-state index < -0.39 is 24.4 Å². The van der Waals surface area contributed by atoms with Crippen LogP contribution < -0.4 is 0 Å². The number of Topliss-reactive ketones (excluding diaryl/α,β-unsaturated/α-hetero) is 1. The lowest BCUT2D eigenvalue weighted by Crippen LogP contribution is -2.12. The van der Waals surface area contributed by atoms with E-state index in [4.69, 9.17) is 5.48 Å². The van der Waals surface area contributed by atoms with Crippen LogP contribution in [0.5, 0.6) is 0 Å². The third-order valence-electron chi connectivity index (χ3n) is 2.25. The van der Waals surface area contributed by atoms with Gasteiger partial charge in [0, 0.05) is 18.3 Å². The highest BCUT2D eigenvalue weighted by Crippen LogP contribution is 2.30. The zero-order chi connectivity index (χ0) is 12.7. The van der Waals surface area contributed by atoms with Crippen molar-refractivity contribution in [1.82, 2.24) is 0 Å². The van der Waals surface area contributed by atoms with E-state index in [2.05, 4.69) is 0 Å². The van der Waals surface area contributed by atoms with Crippen molar-refractivity contribution in [1.29, 1.82) is 0 Å². The van der Waals surface area contributed by atoms with Crippen molar-refractivity contribution in [2.75, 3.05) is 0 Å². The number of rotatable bonds is 1. The molecule has 2 rings (SSSR count). The summed E-state index contributed by atoms with van der Waals surface area (Å²) in [7, 11) is 0. The van der Waals surface area contributed by atoms with Gasteiger partial charge in [0.2, 0.25) is 0 Å². The number of carbonyl (C=O) groups is 1. The van der Waals surface area contributed by atoms with E-state index in [1.54, 1.807) is 24.3 Å². The van der Waals surface area contributed by atoms with Gasteiger partial charge >= 0.3 is 0 Å². The van der Waals surface area contributed by atoms with Crippen molar-refractivity contribution >= 4 is 5.78 Å². The first-order valence-corrected chi connectivity index (χ1v) is 4.45. The quantitative estimate of drug-likeness (QED) is 0.646. The maximum atomic E-state index is 11.5. The minimum atomic E-state index is -2.40. The van der Waals surface area contributed by atoms with Gasteiger partial charge in [-0.05, 0) is 24.3 Å². The fraction of sp³-hybridized carbons (Fsp3) is 0.417. The molecule has 0 N–H and O–H groups in total. The Balaban J connectivity index is 2.41. The minimum Gasteiger partial charge on any atom is -0.300 e. The molecule has 1 nitrogen and oxygen atoms in total. The lowest BCUT2D eigenvalue weighted by Gasteiger charge is -2.20. The molecular formula is C12H14O. The fourth-order valence-electron chi connectivity index (χ4n) is 1.51. The van der Waals surface area contributed by atoms with Gasteiger partial charge in [-0.1, -0.05) is 30.3 Å². The Labute approximate surface area is 84.4 Å². The fourth-order valence-corrected chi connectivity index (χ4v) is 1.51. The highest BCUT2D eigenvalue weighted by molar-refractivity contribution is 5.79. The van der Waals surface area contributed by atoms with Crippen LogP contribution in [0.15, 0.2) is 30.3 Å². The topological polar surface area (TPSA) is 17.1 Å². The van der Waals surface area contributed by atoms with Crippen molar-refractivity contribution in [3.63, 3.8) is 0 Å². The second kappa shape index (κ2) is 3.73. The number of benzene rings is 1. The first-order chi connectivity index (χ1) is 7.87. The molecule has 0 amide bonds. The Bertz CT molecular complexity index is 427. The van der Waals surface area contributed by atoms with Crippen LogP contribution in [-0.4, -0.2) is 5.78 Å². The second-order valence-corrected chi connectivity index (χ2v) is 3.19. The van der Waals surface area contributed by atoms with Crippen LogP contribution >= 0.6 is 0 Å². The van der Waals surface area contributed by atoms with Gasteiger partial charge in [-0.25, -0.2) is 0 Å². The molecule has 0 saturated heterocycles. The van der Waals surface area contributed by atoms with Gasteiger partial charge in [-0.15, -0.1) is 0 Å². The van der Waals surface area contributed by atoms with Gasteiger partial charge in [-0.2, -0.15) is 0 Å². The van der Waals surface area contributed by atoms with Gasteiger partial charge in [0.25, 0.3) is 0 Å². The zero-order valence-electron chi connectivity index (χ0n) is 11.3. The number of hydrogen-bond donors (Lipinski definition) is 0. The minimum absolute atomic E-state index is 0.103. The lowest BCUT2D eigenvalue weighted by atomic mass is 9.84. The van der Waals surface area contributed by atoms with Gasteiger partial charge in [-0.3, -0.25) is 4.79 Å². The molecule has 1 aliphatic rings. The molecule has 0 aromatic heterocycles. The number of hydrogen-bond acceptors (Lipinski definition) is 1. The normalized spacial score (nSPS) is 35.4. The summed E-state index contributed by atoms with van der Waals surface area (Å²) in [6.45, 7) is 0. The van der Waals surface area contributed by atoms with E-state index in [1.807, 2.05) is 6.07 Å². The maximum Gasteiger partial charge on any atom is 0.132 e. The molecule has 13 heavy (non-hydrogen) atoms. The summed E-state index contributed by atoms with van der Waals surface area (Å²) < 4.78 is 31.2.